The molecule has 6 rings (SSSR count). The Morgan fingerprint density at radius 3 is 2.86 bits per heavy atom. The van der Waals surface area contributed by atoms with Crippen LogP contribution in [-0.2, 0) is 12.8 Å². The molecule has 36 heavy (non-hydrogen) atoms. The van der Waals surface area contributed by atoms with Gasteiger partial charge < -0.3 is 15.0 Å². The molecule has 3 aliphatic rings. The summed E-state index contributed by atoms with van der Waals surface area (Å²) in [4.78, 5) is 25.3. The van der Waals surface area contributed by atoms with Gasteiger partial charge in [0.15, 0.2) is 0 Å². The molecule has 8 heteroatoms. The van der Waals surface area contributed by atoms with Gasteiger partial charge in [0.05, 0.1) is 30.3 Å². The highest BCUT2D eigenvalue weighted by atomic mass is 16.5. The van der Waals surface area contributed by atoms with Crippen molar-refractivity contribution in [3.8, 4) is 23.0 Å². The van der Waals surface area contributed by atoms with Gasteiger partial charge in [-0.25, -0.2) is 14.6 Å². The van der Waals surface area contributed by atoms with Gasteiger partial charge in [-0.15, -0.1) is 0 Å². The van der Waals surface area contributed by atoms with E-state index in [1.54, 1.807) is 18.0 Å². The van der Waals surface area contributed by atoms with Gasteiger partial charge in [-0.1, -0.05) is 6.42 Å². The molecule has 0 bridgehead atoms. The summed E-state index contributed by atoms with van der Waals surface area (Å²) >= 11 is 0. The summed E-state index contributed by atoms with van der Waals surface area (Å²) in [6.45, 7) is 5.05. The number of nitrogens with zero attached hydrogens (tertiary/aromatic N) is 5. The quantitative estimate of drug-likeness (QED) is 0.591. The third-order valence-corrected chi connectivity index (χ3v) is 8.28. The molecule has 1 amide bonds. The maximum atomic E-state index is 13.1. The molecule has 0 radical (unpaired) electrons. The third kappa shape index (κ3) is 4.17. The summed E-state index contributed by atoms with van der Waals surface area (Å²) < 4.78 is 7.08. The third-order valence-electron chi connectivity index (χ3n) is 8.28. The molecule has 2 atom stereocenters. The molecular formula is C28H34N6O2. The Kier molecular flexibility index (Phi) is 6.21. The molecule has 2 aromatic heterocycles. The van der Waals surface area contributed by atoms with Crippen molar-refractivity contribution in [1.82, 2.24) is 30.0 Å². The molecule has 2 aliphatic heterocycles. The molecule has 2 saturated heterocycles. The van der Waals surface area contributed by atoms with Crippen LogP contribution >= 0.6 is 0 Å². The molecular weight excluding hydrogens is 452 g/mol. The first kappa shape index (κ1) is 23.2. The van der Waals surface area contributed by atoms with Gasteiger partial charge in [-0.2, -0.15) is 5.10 Å². The van der Waals surface area contributed by atoms with Gasteiger partial charge in [-0.3, -0.25) is 4.79 Å². The van der Waals surface area contributed by atoms with Crippen LogP contribution in [0.5, 0.6) is 5.75 Å². The van der Waals surface area contributed by atoms with Crippen LogP contribution in [0.4, 0.5) is 0 Å². The Bertz CT molecular complexity index is 1280. The fourth-order valence-electron chi connectivity index (χ4n) is 6.29. The number of amides is 1. The molecule has 3 aromatic rings. The van der Waals surface area contributed by atoms with Crippen LogP contribution in [0.25, 0.3) is 17.2 Å². The van der Waals surface area contributed by atoms with Gasteiger partial charge >= 0.3 is 0 Å². The van der Waals surface area contributed by atoms with Crippen LogP contribution in [0.1, 0.15) is 59.3 Å². The van der Waals surface area contributed by atoms with Gasteiger partial charge in [0.1, 0.15) is 5.75 Å². The first-order valence-electron chi connectivity index (χ1n) is 13.2. The fourth-order valence-corrected chi connectivity index (χ4v) is 6.29. The van der Waals surface area contributed by atoms with E-state index in [1.165, 1.54) is 50.8 Å². The summed E-state index contributed by atoms with van der Waals surface area (Å²) in [5.41, 5.74) is 5.72. The van der Waals surface area contributed by atoms with E-state index in [9.17, 15) is 4.79 Å². The lowest BCUT2D eigenvalue weighted by atomic mass is 9.83. The Hall–Kier alpha value is -3.26. The Morgan fingerprint density at radius 2 is 1.97 bits per heavy atom. The maximum Gasteiger partial charge on any atom is 0.254 e. The van der Waals surface area contributed by atoms with Gasteiger partial charge in [0.25, 0.3) is 11.9 Å². The molecule has 188 valence electrons. The van der Waals surface area contributed by atoms with Crippen molar-refractivity contribution >= 4 is 5.91 Å². The lowest BCUT2D eigenvalue weighted by Gasteiger charge is -2.44. The second-order valence-electron chi connectivity index (χ2n) is 10.3. The predicted octanol–water partition coefficient (Wildman–Crippen LogP) is 3.74. The zero-order valence-corrected chi connectivity index (χ0v) is 21.2. The number of nitrogens with one attached hydrogen (secondary N) is 1. The zero-order valence-electron chi connectivity index (χ0n) is 21.2. The highest BCUT2D eigenvalue weighted by Gasteiger charge is 2.33. The highest BCUT2D eigenvalue weighted by Crippen LogP contribution is 2.34. The smallest absolute Gasteiger partial charge is 0.254 e. The van der Waals surface area contributed by atoms with Gasteiger partial charge in [0.2, 0.25) is 0 Å². The van der Waals surface area contributed by atoms with Crippen molar-refractivity contribution in [2.24, 2.45) is 5.92 Å². The second kappa shape index (κ2) is 9.65. The second-order valence-corrected chi connectivity index (χ2v) is 10.3. The molecule has 0 spiro atoms. The van der Waals surface area contributed by atoms with Gasteiger partial charge in [-0.05, 0) is 93.8 Å². The minimum absolute atomic E-state index is 0.0675. The molecule has 4 heterocycles. The van der Waals surface area contributed by atoms with Crippen molar-refractivity contribution in [2.45, 2.75) is 57.9 Å². The number of carbonyl (C=O) groups excluding carboxylic acids is 1. The average molecular weight is 487 g/mol. The normalized spacial score (nSPS) is 21.3. The van der Waals surface area contributed by atoms with Crippen LogP contribution in [0.2, 0.25) is 0 Å². The number of fused-ring (bicyclic) bond motifs is 4. The van der Waals surface area contributed by atoms with E-state index in [-0.39, 0.29) is 5.91 Å². The zero-order chi connectivity index (χ0) is 24.6. The largest absolute Gasteiger partial charge is 0.497 e. The first-order chi connectivity index (χ1) is 17.6. The monoisotopic (exact) mass is 486 g/mol. The first-order valence-corrected chi connectivity index (χ1v) is 13.2. The Morgan fingerprint density at radius 1 is 1.11 bits per heavy atom. The van der Waals surface area contributed by atoms with Crippen molar-refractivity contribution in [1.29, 1.82) is 0 Å². The number of carbonyl (C=O) groups is 1. The number of hydrogen-bond acceptors (Lipinski definition) is 6. The number of ether oxygens (including phenoxy) is 1. The van der Waals surface area contributed by atoms with Crippen molar-refractivity contribution in [3.63, 3.8) is 0 Å². The van der Waals surface area contributed by atoms with E-state index in [0.717, 1.165) is 47.7 Å². The van der Waals surface area contributed by atoms with Crippen LogP contribution in [0.15, 0.2) is 30.6 Å². The lowest BCUT2D eigenvalue weighted by Crippen LogP contribution is -2.51. The van der Waals surface area contributed by atoms with Crippen molar-refractivity contribution in [2.75, 3.05) is 26.7 Å². The van der Waals surface area contributed by atoms with Crippen molar-refractivity contribution in [3.05, 3.63) is 53.0 Å². The van der Waals surface area contributed by atoms with Crippen molar-refractivity contribution < 1.29 is 9.53 Å². The Balaban J connectivity index is 1.20. The summed E-state index contributed by atoms with van der Waals surface area (Å²) in [6, 6.07) is 6.73. The minimum Gasteiger partial charge on any atom is -0.497 e. The van der Waals surface area contributed by atoms with E-state index in [4.69, 9.17) is 9.72 Å². The maximum absolute atomic E-state index is 13.1. The fraction of sp³-hybridized carbons (Fsp3) is 0.500. The van der Waals surface area contributed by atoms with E-state index in [0.29, 0.717) is 23.5 Å². The average Bonchev–Trinajstić information content (AvgIpc) is 3.32. The molecule has 1 N–H and O–H groups in total. The molecule has 1 aliphatic carbocycles. The lowest BCUT2D eigenvalue weighted by molar-refractivity contribution is 0.0575. The minimum atomic E-state index is -0.0675. The summed E-state index contributed by atoms with van der Waals surface area (Å²) in [5.74, 6) is 1.80. The van der Waals surface area contributed by atoms with Crippen LogP contribution in [-0.4, -0.2) is 63.3 Å². The van der Waals surface area contributed by atoms with E-state index >= 15 is 0 Å². The number of methoxy groups -OCH3 is 1. The van der Waals surface area contributed by atoms with Crippen LogP contribution in [0.3, 0.4) is 0 Å². The van der Waals surface area contributed by atoms with E-state index in [1.807, 2.05) is 19.2 Å². The molecule has 0 saturated carbocycles. The van der Waals surface area contributed by atoms with Crippen LogP contribution in [0, 0.1) is 12.8 Å². The topological polar surface area (TPSA) is 85.2 Å². The molecule has 1 aromatic carbocycles. The van der Waals surface area contributed by atoms with Crippen LogP contribution < -0.4 is 10.1 Å². The molecule has 8 nitrogen and oxygen atoms in total. The molecule has 0 unspecified atom stereocenters. The predicted molar refractivity (Wildman–Crippen MR) is 138 cm³/mol. The highest BCUT2D eigenvalue weighted by molar-refractivity contribution is 5.95. The molecule has 2 fully saturated rings. The number of piperidine rings is 2. The number of rotatable bonds is 5. The number of benzene rings is 1. The van der Waals surface area contributed by atoms with E-state index in [2.05, 4.69) is 32.4 Å². The summed E-state index contributed by atoms with van der Waals surface area (Å²) in [6.07, 6.45) is 11.6. The van der Waals surface area contributed by atoms with E-state index < -0.39 is 0 Å². The Labute approximate surface area is 212 Å². The van der Waals surface area contributed by atoms with Gasteiger partial charge in [0, 0.05) is 24.3 Å². The standard InChI is InChI=1S/C28H34N6O2/c1-18-24(27(35)29-15-20-6-5-13-33-12-4-3-7-25(20)33)17-31-34(18)28-30-16-21-9-8-19-14-22(36-2)10-11-23(19)26(21)32-28/h10-11,14,16-17,20,25H,3-9,12-13,15H2,1-2H3,(H,29,35)/t20-,25+/m0/s1. The number of hydrogen-bond donors (Lipinski definition) is 1. The number of aromatic nitrogens is 4. The summed E-state index contributed by atoms with van der Waals surface area (Å²) in [7, 11) is 1.69. The summed E-state index contributed by atoms with van der Waals surface area (Å²) in [5, 5.41) is 7.71. The SMILES string of the molecule is COc1ccc2c(c1)CCc1cnc(-n3ncc(C(=O)NC[C@@H]4CCCN5CCCC[C@H]45)c3C)nc1-2. The number of aryl methyl sites for hydroxylation is 2.